The minimum atomic E-state index is 0.503. The van der Waals surface area contributed by atoms with Crippen molar-refractivity contribution in [3.05, 3.63) is 33.7 Å². The fourth-order valence-electron chi connectivity index (χ4n) is 1.47. The molecule has 0 saturated carbocycles. The highest BCUT2D eigenvalue weighted by atomic mass is 79.9. The molecule has 17 heavy (non-hydrogen) atoms. The van der Waals surface area contributed by atoms with E-state index >= 15 is 0 Å². The average Bonchev–Trinajstić information content (AvgIpc) is 2.71. The highest BCUT2D eigenvalue weighted by Gasteiger charge is 2.09. The third-order valence-corrected chi connectivity index (χ3v) is 4.27. The summed E-state index contributed by atoms with van der Waals surface area (Å²) < 4.78 is 6.31. The van der Waals surface area contributed by atoms with Gasteiger partial charge in [-0.05, 0) is 35.0 Å². The van der Waals surface area contributed by atoms with Crippen molar-refractivity contribution in [1.29, 1.82) is 0 Å². The number of rotatable bonds is 4. The molecule has 0 saturated heterocycles. The van der Waals surface area contributed by atoms with Crippen LogP contribution in [0.15, 0.2) is 28.9 Å². The minimum absolute atomic E-state index is 0.503. The molecule has 0 radical (unpaired) electrons. The molecule has 2 N–H and O–H groups in total. The summed E-state index contributed by atoms with van der Waals surface area (Å²) in [6.45, 7) is 3.14. The van der Waals surface area contributed by atoms with E-state index in [1.807, 2.05) is 31.2 Å². The molecule has 0 spiro atoms. The molecule has 1 aromatic carbocycles. The number of hydrogen-bond donors (Lipinski definition) is 1. The molecule has 2 aromatic rings. The van der Waals surface area contributed by atoms with E-state index in [1.165, 1.54) is 0 Å². The SMILES string of the molecule is CCOc1cccc(-c2nc(Br)c(CN)s2)c1. The maximum Gasteiger partial charge on any atom is 0.125 e. The van der Waals surface area contributed by atoms with Gasteiger partial charge >= 0.3 is 0 Å². The van der Waals surface area contributed by atoms with E-state index in [9.17, 15) is 0 Å². The first-order valence-electron chi connectivity index (χ1n) is 5.33. The highest BCUT2D eigenvalue weighted by molar-refractivity contribution is 9.10. The van der Waals surface area contributed by atoms with Gasteiger partial charge < -0.3 is 10.5 Å². The molecule has 0 unspecified atom stereocenters. The van der Waals surface area contributed by atoms with Crippen molar-refractivity contribution in [2.24, 2.45) is 5.73 Å². The van der Waals surface area contributed by atoms with Crippen molar-refractivity contribution in [2.75, 3.05) is 6.61 Å². The smallest absolute Gasteiger partial charge is 0.125 e. The molecule has 0 atom stereocenters. The van der Waals surface area contributed by atoms with Crippen LogP contribution in [0.1, 0.15) is 11.8 Å². The van der Waals surface area contributed by atoms with Crippen LogP contribution in [0.5, 0.6) is 5.75 Å². The second-order valence-corrected chi connectivity index (χ2v) is 5.23. The van der Waals surface area contributed by atoms with Crippen LogP contribution < -0.4 is 10.5 Å². The van der Waals surface area contributed by atoms with E-state index in [1.54, 1.807) is 11.3 Å². The molecule has 5 heteroatoms. The second-order valence-electron chi connectivity index (χ2n) is 3.40. The maximum absolute atomic E-state index is 5.64. The number of nitrogens with two attached hydrogens (primary N) is 1. The van der Waals surface area contributed by atoms with Crippen LogP contribution in [0.4, 0.5) is 0 Å². The Morgan fingerprint density at radius 2 is 2.29 bits per heavy atom. The fraction of sp³-hybridized carbons (Fsp3) is 0.250. The van der Waals surface area contributed by atoms with Gasteiger partial charge in [-0.2, -0.15) is 0 Å². The first kappa shape index (κ1) is 12.5. The summed E-state index contributed by atoms with van der Waals surface area (Å²) in [6.07, 6.45) is 0. The number of hydrogen-bond acceptors (Lipinski definition) is 4. The molecular formula is C12H13BrN2OS. The van der Waals surface area contributed by atoms with Gasteiger partial charge in [-0.25, -0.2) is 4.98 Å². The Hall–Kier alpha value is -0.910. The van der Waals surface area contributed by atoms with Gasteiger partial charge in [-0.1, -0.05) is 12.1 Å². The van der Waals surface area contributed by atoms with Crippen LogP contribution in [0, 0.1) is 0 Å². The maximum atomic E-state index is 5.64. The van der Waals surface area contributed by atoms with Gasteiger partial charge in [0.2, 0.25) is 0 Å². The zero-order chi connectivity index (χ0) is 12.3. The molecule has 0 aliphatic heterocycles. The normalized spacial score (nSPS) is 10.5. The van der Waals surface area contributed by atoms with Crippen LogP contribution >= 0.6 is 27.3 Å². The number of thiazole rings is 1. The number of halogens is 1. The zero-order valence-electron chi connectivity index (χ0n) is 9.44. The molecule has 0 bridgehead atoms. The largest absolute Gasteiger partial charge is 0.494 e. The molecule has 1 aromatic heterocycles. The Morgan fingerprint density at radius 3 is 2.94 bits per heavy atom. The monoisotopic (exact) mass is 312 g/mol. The van der Waals surface area contributed by atoms with Crippen LogP contribution in [-0.2, 0) is 6.54 Å². The molecule has 0 aliphatic rings. The molecule has 2 rings (SSSR count). The van der Waals surface area contributed by atoms with Gasteiger partial charge in [0, 0.05) is 12.1 Å². The minimum Gasteiger partial charge on any atom is -0.494 e. The summed E-state index contributed by atoms with van der Waals surface area (Å²) in [5.74, 6) is 0.866. The lowest BCUT2D eigenvalue weighted by Crippen LogP contribution is -1.92. The summed E-state index contributed by atoms with van der Waals surface area (Å²) in [5, 5.41) is 0.957. The van der Waals surface area contributed by atoms with Crippen molar-refractivity contribution in [3.63, 3.8) is 0 Å². The summed E-state index contributed by atoms with van der Waals surface area (Å²) in [5.41, 5.74) is 6.69. The summed E-state index contributed by atoms with van der Waals surface area (Å²) in [7, 11) is 0. The molecule has 0 fully saturated rings. The van der Waals surface area contributed by atoms with Crippen LogP contribution in [0.3, 0.4) is 0 Å². The fourth-order valence-corrected chi connectivity index (χ4v) is 3.00. The molecule has 0 aliphatic carbocycles. The second kappa shape index (κ2) is 5.62. The highest BCUT2D eigenvalue weighted by Crippen LogP contribution is 2.32. The number of ether oxygens (including phenoxy) is 1. The first-order chi connectivity index (χ1) is 8.24. The van der Waals surface area contributed by atoms with Crippen molar-refractivity contribution in [1.82, 2.24) is 4.98 Å². The molecule has 1 heterocycles. The third kappa shape index (κ3) is 2.86. The predicted molar refractivity (Wildman–Crippen MR) is 74.3 cm³/mol. The molecule has 90 valence electrons. The summed E-state index contributed by atoms with van der Waals surface area (Å²) in [6, 6.07) is 7.93. The topological polar surface area (TPSA) is 48.1 Å². The van der Waals surface area contributed by atoms with E-state index < -0.39 is 0 Å². The van der Waals surface area contributed by atoms with E-state index in [0.717, 1.165) is 25.8 Å². The number of benzene rings is 1. The summed E-state index contributed by atoms with van der Waals surface area (Å²) >= 11 is 5.01. The van der Waals surface area contributed by atoms with E-state index in [0.29, 0.717) is 13.2 Å². The van der Waals surface area contributed by atoms with Crippen molar-refractivity contribution in [2.45, 2.75) is 13.5 Å². The Bertz CT molecular complexity index is 513. The van der Waals surface area contributed by atoms with Crippen LogP contribution in [-0.4, -0.2) is 11.6 Å². The van der Waals surface area contributed by atoms with Crippen LogP contribution in [0.25, 0.3) is 10.6 Å². The Morgan fingerprint density at radius 1 is 1.47 bits per heavy atom. The van der Waals surface area contributed by atoms with E-state index in [-0.39, 0.29) is 0 Å². The number of aromatic nitrogens is 1. The van der Waals surface area contributed by atoms with Crippen molar-refractivity contribution < 1.29 is 4.74 Å². The lowest BCUT2D eigenvalue weighted by Gasteiger charge is -2.03. The van der Waals surface area contributed by atoms with Gasteiger partial charge in [0.15, 0.2) is 0 Å². The lowest BCUT2D eigenvalue weighted by atomic mass is 10.2. The van der Waals surface area contributed by atoms with Crippen molar-refractivity contribution in [3.8, 4) is 16.3 Å². The Labute approximate surface area is 113 Å². The third-order valence-electron chi connectivity index (χ3n) is 2.23. The zero-order valence-corrected chi connectivity index (χ0v) is 11.8. The molecular weight excluding hydrogens is 300 g/mol. The number of nitrogens with zero attached hydrogens (tertiary/aromatic N) is 1. The Kier molecular flexibility index (Phi) is 4.15. The molecule has 3 nitrogen and oxygen atoms in total. The molecule has 0 amide bonds. The first-order valence-corrected chi connectivity index (χ1v) is 6.94. The van der Waals surface area contributed by atoms with Gasteiger partial charge in [0.05, 0.1) is 11.5 Å². The average molecular weight is 313 g/mol. The standard InChI is InChI=1S/C12H13BrN2OS/c1-2-16-9-5-3-4-8(6-9)12-15-11(13)10(7-14)17-12/h3-6H,2,7,14H2,1H3. The van der Waals surface area contributed by atoms with Gasteiger partial charge in [0.1, 0.15) is 15.4 Å². The predicted octanol–water partition coefficient (Wildman–Crippen LogP) is 3.43. The van der Waals surface area contributed by atoms with Gasteiger partial charge in [0.25, 0.3) is 0 Å². The van der Waals surface area contributed by atoms with Gasteiger partial charge in [-0.3, -0.25) is 0 Å². The van der Waals surface area contributed by atoms with Crippen molar-refractivity contribution >= 4 is 27.3 Å². The summed E-state index contributed by atoms with van der Waals surface area (Å²) in [4.78, 5) is 5.51. The van der Waals surface area contributed by atoms with E-state index in [2.05, 4.69) is 20.9 Å². The van der Waals surface area contributed by atoms with Gasteiger partial charge in [-0.15, -0.1) is 11.3 Å². The van der Waals surface area contributed by atoms with Crippen LogP contribution in [0.2, 0.25) is 0 Å². The van der Waals surface area contributed by atoms with E-state index in [4.69, 9.17) is 10.5 Å². The quantitative estimate of drug-likeness (QED) is 0.941. The lowest BCUT2D eigenvalue weighted by molar-refractivity contribution is 0.340. The Balaban J connectivity index is 2.34.